The van der Waals surface area contributed by atoms with Crippen molar-refractivity contribution < 1.29 is 9.59 Å². The van der Waals surface area contributed by atoms with Crippen LogP contribution in [0.25, 0.3) is 0 Å². The molecule has 4 N–H and O–H groups in total. The van der Waals surface area contributed by atoms with Gasteiger partial charge < -0.3 is 16.4 Å². The van der Waals surface area contributed by atoms with Crippen LogP contribution in [0.1, 0.15) is 30.1 Å². The van der Waals surface area contributed by atoms with E-state index in [9.17, 15) is 9.59 Å². The standard InChI is InChI=1S/C14H19N3O2/c1-9(18)12-8-11(2-3-13(12)15)17-6-4-10(5-7-17)14(16)19/h2-3,8,10H,4-7,15H2,1H3,(H2,16,19). The first-order valence-electron chi connectivity index (χ1n) is 6.43. The zero-order valence-electron chi connectivity index (χ0n) is 11.1. The van der Waals surface area contributed by atoms with Gasteiger partial charge in [0.1, 0.15) is 0 Å². The van der Waals surface area contributed by atoms with Crippen molar-refractivity contribution in [2.24, 2.45) is 11.7 Å². The Labute approximate surface area is 112 Å². The van der Waals surface area contributed by atoms with E-state index in [1.807, 2.05) is 12.1 Å². The summed E-state index contributed by atoms with van der Waals surface area (Å²) in [6, 6.07) is 5.49. The van der Waals surface area contributed by atoms with Crippen LogP contribution in [-0.4, -0.2) is 24.8 Å². The molecule has 0 aliphatic carbocycles. The van der Waals surface area contributed by atoms with Gasteiger partial charge in [0.2, 0.25) is 5.91 Å². The van der Waals surface area contributed by atoms with Gasteiger partial charge in [0.05, 0.1) is 0 Å². The van der Waals surface area contributed by atoms with E-state index in [-0.39, 0.29) is 17.6 Å². The zero-order valence-corrected chi connectivity index (χ0v) is 11.1. The number of anilines is 2. The molecule has 1 aromatic carbocycles. The third kappa shape index (κ3) is 2.86. The van der Waals surface area contributed by atoms with Crippen LogP contribution in [0.5, 0.6) is 0 Å². The van der Waals surface area contributed by atoms with Gasteiger partial charge in [0, 0.05) is 35.9 Å². The Morgan fingerprint density at radius 3 is 2.42 bits per heavy atom. The lowest BCUT2D eigenvalue weighted by atomic mass is 9.95. The van der Waals surface area contributed by atoms with Gasteiger partial charge in [-0.3, -0.25) is 9.59 Å². The highest BCUT2D eigenvalue weighted by molar-refractivity contribution is 6.00. The second kappa shape index (κ2) is 5.30. The number of nitrogens with zero attached hydrogens (tertiary/aromatic N) is 1. The van der Waals surface area contributed by atoms with Crippen LogP contribution in [0.4, 0.5) is 11.4 Å². The average Bonchev–Trinajstić information content (AvgIpc) is 2.39. The number of ketones is 1. The topological polar surface area (TPSA) is 89.4 Å². The molecule has 2 rings (SSSR count). The zero-order chi connectivity index (χ0) is 14.0. The van der Waals surface area contributed by atoms with Gasteiger partial charge in [0.15, 0.2) is 5.78 Å². The molecule has 0 spiro atoms. The quantitative estimate of drug-likeness (QED) is 0.631. The molecular formula is C14H19N3O2. The number of rotatable bonds is 3. The van der Waals surface area contributed by atoms with E-state index in [0.29, 0.717) is 11.3 Å². The normalized spacial score (nSPS) is 16.4. The second-order valence-corrected chi connectivity index (χ2v) is 4.99. The molecule has 102 valence electrons. The SMILES string of the molecule is CC(=O)c1cc(N2CCC(C(N)=O)CC2)ccc1N. The van der Waals surface area contributed by atoms with E-state index in [2.05, 4.69) is 4.90 Å². The lowest BCUT2D eigenvalue weighted by Crippen LogP contribution is -2.38. The Kier molecular flexibility index (Phi) is 3.74. The van der Waals surface area contributed by atoms with Gasteiger partial charge >= 0.3 is 0 Å². The van der Waals surface area contributed by atoms with Crippen molar-refractivity contribution in [3.63, 3.8) is 0 Å². The van der Waals surface area contributed by atoms with Crippen LogP contribution in [-0.2, 0) is 4.79 Å². The Morgan fingerprint density at radius 1 is 1.26 bits per heavy atom. The third-order valence-electron chi connectivity index (χ3n) is 3.68. The fourth-order valence-corrected chi connectivity index (χ4v) is 2.47. The molecule has 1 heterocycles. The number of benzene rings is 1. The molecule has 0 radical (unpaired) electrons. The Balaban J connectivity index is 2.14. The van der Waals surface area contributed by atoms with E-state index in [0.717, 1.165) is 31.6 Å². The predicted octanol–water partition coefficient (Wildman–Crippen LogP) is 1.17. The predicted molar refractivity (Wildman–Crippen MR) is 75.0 cm³/mol. The lowest BCUT2D eigenvalue weighted by Gasteiger charge is -2.32. The number of nitrogens with two attached hydrogens (primary N) is 2. The number of hydrogen-bond acceptors (Lipinski definition) is 4. The highest BCUT2D eigenvalue weighted by atomic mass is 16.1. The molecule has 1 aromatic rings. The first kappa shape index (κ1) is 13.4. The van der Waals surface area contributed by atoms with E-state index in [1.165, 1.54) is 6.92 Å². The van der Waals surface area contributed by atoms with Crippen LogP contribution in [0, 0.1) is 5.92 Å². The lowest BCUT2D eigenvalue weighted by molar-refractivity contribution is -0.122. The molecular weight excluding hydrogens is 242 g/mol. The van der Waals surface area contributed by atoms with E-state index in [4.69, 9.17) is 11.5 Å². The van der Waals surface area contributed by atoms with Crippen LogP contribution < -0.4 is 16.4 Å². The van der Waals surface area contributed by atoms with Crippen molar-refractivity contribution in [2.75, 3.05) is 23.7 Å². The second-order valence-electron chi connectivity index (χ2n) is 4.99. The molecule has 1 saturated heterocycles. The summed E-state index contributed by atoms with van der Waals surface area (Å²) in [7, 11) is 0. The molecule has 1 aliphatic rings. The average molecular weight is 261 g/mol. The molecule has 5 nitrogen and oxygen atoms in total. The number of hydrogen-bond donors (Lipinski definition) is 2. The van der Waals surface area contributed by atoms with E-state index < -0.39 is 0 Å². The maximum absolute atomic E-state index is 11.5. The third-order valence-corrected chi connectivity index (χ3v) is 3.68. The molecule has 0 bridgehead atoms. The number of carbonyl (C=O) groups is 2. The van der Waals surface area contributed by atoms with Crippen molar-refractivity contribution in [1.29, 1.82) is 0 Å². The van der Waals surface area contributed by atoms with Gasteiger partial charge in [-0.05, 0) is 38.0 Å². The molecule has 5 heteroatoms. The molecule has 0 unspecified atom stereocenters. The molecule has 1 fully saturated rings. The summed E-state index contributed by atoms with van der Waals surface area (Å²) in [6.07, 6.45) is 1.52. The molecule has 1 amide bonds. The monoisotopic (exact) mass is 261 g/mol. The number of primary amides is 1. The van der Waals surface area contributed by atoms with Crippen LogP contribution in [0.3, 0.4) is 0 Å². The Morgan fingerprint density at radius 2 is 1.89 bits per heavy atom. The van der Waals surface area contributed by atoms with Crippen LogP contribution in [0.2, 0.25) is 0 Å². The van der Waals surface area contributed by atoms with Crippen LogP contribution in [0.15, 0.2) is 18.2 Å². The summed E-state index contributed by atoms with van der Waals surface area (Å²) < 4.78 is 0. The van der Waals surface area contributed by atoms with Gasteiger partial charge in [-0.15, -0.1) is 0 Å². The van der Waals surface area contributed by atoms with E-state index in [1.54, 1.807) is 6.07 Å². The van der Waals surface area contributed by atoms with Crippen molar-refractivity contribution in [3.05, 3.63) is 23.8 Å². The van der Waals surface area contributed by atoms with Crippen molar-refractivity contribution in [3.8, 4) is 0 Å². The minimum Gasteiger partial charge on any atom is -0.398 e. The van der Waals surface area contributed by atoms with Crippen molar-refractivity contribution in [2.45, 2.75) is 19.8 Å². The largest absolute Gasteiger partial charge is 0.398 e. The minimum atomic E-state index is -0.221. The molecule has 1 aliphatic heterocycles. The molecule has 0 atom stereocenters. The molecule has 19 heavy (non-hydrogen) atoms. The van der Waals surface area contributed by atoms with Crippen LogP contribution >= 0.6 is 0 Å². The van der Waals surface area contributed by atoms with Gasteiger partial charge in [-0.25, -0.2) is 0 Å². The van der Waals surface area contributed by atoms with Gasteiger partial charge in [-0.1, -0.05) is 0 Å². The highest BCUT2D eigenvalue weighted by Crippen LogP contribution is 2.26. The number of nitrogen functional groups attached to an aromatic ring is 1. The fourth-order valence-electron chi connectivity index (χ4n) is 2.47. The first-order chi connectivity index (χ1) is 8.99. The summed E-state index contributed by atoms with van der Waals surface area (Å²) in [5, 5.41) is 0. The molecule has 0 aromatic heterocycles. The summed E-state index contributed by atoms with van der Waals surface area (Å²) in [5.74, 6) is -0.287. The summed E-state index contributed by atoms with van der Waals surface area (Å²) in [4.78, 5) is 24.8. The fraction of sp³-hybridized carbons (Fsp3) is 0.429. The Hall–Kier alpha value is -2.04. The molecule has 0 saturated carbocycles. The summed E-state index contributed by atoms with van der Waals surface area (Å²) in [5.41, 5.74) is 13.1. The Bertz CT molecular complexity index is 505. The highest BCUT2D eigenvalue weighted by Gasteiger charge is 2.23. The number of Topliss-reactive ketones (excluding diaryl/α,β-unsaturated/α-hetero) is 1. The number of carbonyl (C=O) groups excluding carboxylic acids is 2. The van der Waals surface area contributed by atoms with Crippen molar-refractivity contribution in [1.82, 2.24) is 0 Å². The smallest absolute Gasteiger partial charge is 0.220 e. The minimum absolute atomic E-state index is 0.0303. The summed E-state index contributed by atoms with van der Waals surface area (Å²) in [6.45, 7) is 3.05. The number of amides is 1. The van der Waals surface area contributed by atoms with Gasteiger partial charge in [-0.2, -0.15) is 0 Å². The van der Waals surface area contributed by atoms with Gasteiger partial charge in [0.25, 0.3) is 0 Å². The number of piperidine rings is 1. The van der Waals surface area contributed by atoms with E-state index >= 15 is 0 Å². The first-order valence-corrected chi connectivity index (χ1v) is 6.43. The maximum atomic E-state index is 11.5. The van der Waals surface area contributed by atoms with Crippen molar-refractivity contribution >= 4 is 23.1 Å². The maximum Gasteiger partial charge on any atom is 0.220 e. The summed E-state index contributed by atoms with van der Waals surface area (Å²) >= 11 is 0.